The van der Waals surface area contributed by atoms with E-state index in [1.807, 2.05) is 103 Å². The van der Waals surface area contributed by atoms with Crippen molar-refractivity contribution in [2.45, 2.75) is 6.54 Å². The molecule has 38 heavy (non-hydrogen) atoms. The summed E-state index contributed by atoms with van der Waals surface area (Å²) in [6, 6.07) is 40.3. The number of amides is 2. The predicted molar refractivity (Wildman–Crippen MR) is 153 cm³/mol. The van der Waals surface area contributed by atoms with Gasteiger partial charge < -0.3 is 15.5 Å². The van der Waals surface area contributed by atoms with Gasteiger partial charge in [-0.1, -0.05) is 78.9 Å². The molecule has 0 saturated heterocycles. The van der Waals surface area contributed by atoms with Gasteiger partial charge in [0.15, 0.2) is 0 Å². The second-order valence-electron chi connectivity index (χ2n) is 9.13. The lowest BCUT2D eigenvalue weighted by Crippen LogP contribution is -2.30. The molecule has 5 heteroatoms. The van der Waals surface area contributed by atoms with Crippen LogP contribution in [0, 0.1) is 0 Å². The number of hydrogen-bond acceptors (Lipinski definition) is 3. The molecule has 0 bridgehead atoms. The third kappa shape index (κ3) is 4.53. The number of benzene rings is 5. The van der Waals surface area contributed by atoms with E-state index >= 15 is 0 Å². The zero-order chi connectivity index (χ0) is 25.9. The van der Waals surface area contributed by atoms with Crippen molar-refractivity contribution in [2.75, 3.05) is 15.5 Å². The van der Waals surface area contributed by atoms with Crippen LogP contribution in [0.2, 0.25) is 0 Å². The second-order valence-corrected chi connectivity index (χ2v) is 9.13. The van der Waals surface area contributed by atoms with E-state index in [4.69, 9.17) is 0 Å². The summed E-state index contributed by atoms with van der Waals surface area (Å²) >= 11 is 0. The predicted octanol–water partition coefficient (Wildman–Crippen LogP) is 7.51. The van der Waals surface area contributed by atoms with Crippen molar-refractivity contribution in [1.29, 1.82) is 0 Å². The molecule has 1 aliphatic heterocycles. The number of anilines is 4. The fourth-order valence-corrected chi connectivity index (χ4v) is 4.78. The van der Waals surface area contributed by atoms with Crippen LogP contribution in [-0.4, -0.2) is 11.8 Å². The summed E-state index contributed by atoms with van der Waals surface area (Å²) in [6.45, 7) is 0.452. The van der Waals surface area contributed by atoms with Gasteiger partial charge in [0.1, 0.15) is 0 Å². The van der Waals surface area contributed by atoms with Crippen molar-refractivity contribution in [3.8, 4) is 11.1 Å². The molecule has 0 unspecified atom stereocenters. The van der Waals surface area contributed by atoms with Gasteiger partial charge in [-0.25, -0.2) is 0 Å². The van der Waals surface area contributed by atoms with Crippen LogP contribution in [0.3, 0.4) is 0 Å². The van der Waals surface area contributed by atoms with Crippen LogP contribution >= 0.6 is 0 Å². The molecule has 0 fully saturated rings. The molecule has 0 aromatic heterocycles. The summed E-state index contributed by atoms with van der Waals surface area (Å²) in [4.78, 5) is 28.7. The minimum atomic E-state index is -0.201. The van der Waals surface area contributed by atoms with Gasteiger partial charge >= 0.3 is 0 Å². The standard InChI is InChI=1S/C33H25N3O2/c37-32(28-14-6-5-13-27(28)23-10-2-1-3-11-23)34-26-20-18-24(19-21-26)33(38)36-22-25-12-4-7-15-29(25)35-30-16-8-9-17-31(30)36/h1-21,35H,22H2,(H,34,37). The third-order valence-electron chi connectivity index (χ3n) is 6.70. The van der Waals surface area contributed by atoms with Gasteiger partial charge in [-0.15, -0.1) is 0 Å². The fourth-order valence-electron chi connectivity index (χ4n) is 4.78. The largest absolute Gasteiger partial charge is 0.354 e. The third-order valence-corrected chi connectivity index (χ3v) is 6.70. The van der Waals surface area contributed by atoms with Crippen molar-refractivity contribution in [3.05, 3.63) is 144 Å². The summed E-state index contributed by atoms with van der Waals surface area (Å²) in [5.41, 5.74) is 7.34. The molecule has 0 spiro atoms. The molecular weight excluding hydrogens is 470 g/mol. The van der Waals surface area contributed by atoms with Gasteiger partial charge in [0.25, 0.3) is 11.8 Å². The number of rotatable bonds is 4. The van der Waals surface area contributed by atoms with Crippen LogP contribution in [-0.2, 0) is 6.54 Å². The number of para-hydroxylation sites is 3. The Morgan fingerprint density at radius 2 is 1.32 bits per heavy atom. The van der Waals surface area contributed by atoms with Crippen LogP contribution in [0.15, 0.2) is 127 Å². The fraction of sp³-hybridized carbons (Fsp3) is 0.0303. The number of fused-ring (bicyclic) bond motifs is 2. The molecule has 1 aliphatic rings. The molecule has 2 N–H and O–H groups in total. The van der Waals surface area contributed by atoms with E-state index in [2.05, 4.69) is 10.6 Å². The first-order chi connectivity index (χ1) is 18.7. The van der Waals surface area contributed by atoms with Gasteiger partial charge in [-0.05, 0) is 65.2 Å². The topological polar surface area (TPSA) is 61.4 Å². The molecule has 5 aromatic rings. The highest BCUT2D eigenvalue weighted by Gasteiger charge is 2.24. The Kier molecular flexibility index (Phi) is 6.16. The molecule has 0 radical (unpaired) electrons. The van der Waals surface area contributed by atoms with E-state index < -0.39 is 0 Å². The molecule has 5 aromatic carbocycles. The lowest BCUT2D eigenvalue weighted by molar-refractivity contribution is 0.0984. The number of carbonyl (C=O) groups excluding carboxylic acids is 2. The van der Waals surface area contributed by atoms with E-state index in [0.717, 1.165) is 33.8 Å². The maximum absolute atomic E-state index is 13.7. The zero-order valence-electron chi connectivity index (χ0n) is 20.6. The Morgan fingerprint density at radius 1 is 0.658 bits per heavy atom. The molecule has 0 atom stereocenters. The quantitative estimate of drug-likeness (QED) is 0.271. The average Bonchev–Trinajstić information content (AvgIpc) is 3.14. The molecule has 0 saturated carbocycles. The van der Waals surface area contributed by atoms with Crippen molar-refractivity contribution < 1.29 is 9.59 Å². The molecule has 5 nitrogen and oxygen atoms in total. The van der Waals surface area contributed by atoms with E-state index in [1.165, 1.54) is 0 Å². The first kappa shape index (κ1) is 23.3. The Bertz CT molecular complexity index is 1630. The normalized spacial score (nSPS) is 11.9. The van der Waals surface area contributed by atoms with Gasteiger partial charge in [-0.2, -0.15) is 0 Å². The SMILES string of the molecule is O=C(Nc1ccc(C(=O)N2Cc3ccccc3Nc3ccccc32)cc1)c1ccccc1-c1ccccc1. The number of hydrogen-bond donors (Lipinski definition) is 2. The summed E-state index contributed by atoms with van der Waals surface area (Å²) in [5.74, 6) is -0.309. The second kappa shape index (κ2) is 10.1. The van der Waals surface area contributed by atoms with E-state index in [0.29, 0.717) is 23.4 Å². The summed E-state index contributed by atoms with van der Waals surface area (Å²) in [6.07, 6.45) is 0. The summed E-state index contributed by atoms with van der Waals surface area (Å²) in [7, 11) is 0. The van der Waals surface area contributed by atoms with Crippen LogP contribution in [0.25, 0.3) is 11.1 Å². The van der Waals surface area contributed by atoms with Crippen molar-refractivity contribution >= 4 is 34.6 Å². The highest BCUT2D eigenvalue weighted by molar-refractivity contribution is 6.10. The molecular formula is C33H25N3O2. The number of nitrogens with one attached hydrogen (secondary N) is 2. The molecule has 1 heterocycles. The first-order valence-corrected chi connectivity index (χ1v) is 12.5. The zero-order valence-corrected chi connectivity index (χ0v) is 20.6. The maximum atomic E-state index is 13.7. The highest BCUT2D eigenvalue weighted by atomic mass is 16.2. The monoisotopic (exact) mass is 495 g/mol. The number of carbonyl (C=O) groups is 2. The lowest BCUT2D eigenvalue weighted by Gasteiger charge is -2.23. The van der Waals surface area contributed by atoms with E-state index in [-0.39, 0.29) is 11.8 Å². The minimum Gasteiger partial charge on any atom is -0.354 e. The van der Waals surface area contributed by atoms with Crippen molar-refractivity contribution in [1.82, 2.24) is 0 Å². The minimum absolute atomic E-state index is 0.108. The Balaban J connectivity index is 1.24. The molecule has 2 amide bonds. The Hall–Kier alpha value is -5.16. The first-order valence-electron chi connectivity index (χ1n) is 12.5. The molecule has 184 valence electrons. The van der Waals surface area contributed by atoms with Crippen LogP contribution in [0.5, 0.6) is 0 Å². The van der Waals surface area contributed by atoms with E-state index in [1.54, 1.807) is 29.2 Å². The van der Waals surface area contributed by atoms with Crippen LogP contribution in [0.1, 0.15) is 26.3 Å². The number of nitrogens with zero attached hydrogens (tertiary/aromatic N) is 1. The maximum Gasteiger partial charge on any atom is 0.258 e. The van der Waals surface area contributed by atoms with Crippen molar-refractivity contribution in [2.24, 2.45) is 0 Å². The van der Waals surface area contributed by atoms with Gasteiger partial charge in [-0.3, -0.25) is 9.59 Å². The van der Waals surface area contributed by atoms with Gasteiger partial charge in [0, 0.05) is 22.5 Å². The Labute approximate surface area is 221 Å². The summed E-state index contributed by atoms with van der Waals surface area (Å²) < 4.78 is 0. The van der Waals surface area contributed by atoms with E-state index in [9.17, 15) is 9.59 Å². The molecule has 6 rings (SSSR count). The van der Waals surface area contributed by atoms with Crippen LogP contribution in [0.4, 0.5) is 22.7 Å². The average molecular weight is 496 g/mol. The van der Waals surface area contributed by atoms with Crippen LogP contribution < -0.4 is 15.5 Å². The lowest BCUT2D eigenvalue weighted by atomic mass is 9.99. The smallest absolute Gasteiger partial charge is 0.258 e. The Morgan fingerprint density at radius 3 is 2.13 bits per heavy atom. The summed E-state index contributed by atoms with van der Waals surface area (Å²) in [5, 5.41) is 6.44. The van der Waals surface area contributed by atoms with Gasteiger partial charge in [0.2, 0.25) is 0 Å². The highest BCUT2D eigenvalue weighted by Crippen LogP contribution is 2.36. The molecule has 0 aliphatic carbocycles. The van der Waals surface area contributed by atoms with Crippen molar-refractivity contribution in [3.63, 3.8) is 0 Å². The van der Waals surface area contributed by atoms with Gasteiger partial charge in [0.05, 0.1) is 17.9 Å².